The largest absolute Gasteiger partial charge is 0.394 e. The topological polar surface area (TPSA) is 93.3 Å². The number of nitrogens with two attached hydrogens (primary N) is 1. The molecule has 0 aromatic carbocycles. The van der Waals surface area contributed by atoms with Gasteiger partial charge >= 0.3 is 0 Å². The van der Waals surface area contributed by atoms with E-state index in [0.717, 1.165) is 12.8 Å². The van der Waals surface area contributed by atoms with Gasteiger partial charge in [0.25, 0.3) is 0 Å². The number of rotatable bonds is 3. The Hall–Kier alpha value is -1.40. The lowest BCUT2D eigenvalue weighted by Gasteiger charge is -2.36. The van der Waals surface area contributed by atoms with Crippen LogP contribution in [0.5, 0.6) is 0 Å². The molecule has 0 atom stereocenters. The minimum absolute atomic E-state index is 0.0485. The van der Waals surface area contributed by atoms with Gasteiger partial charge in [-0.15, -0.1) is 0 Å². The van der Waals surface area contributed by atoms with Crippen LogP contribution >= 0.6 is 0 Å². The Kier molecular flexibility index (Phi) is 3.21. The molecule has 1 aromatic heterocycles. The fourth-order valence-corrected chi connectivity index (χ4v) is 1.80. The Balaban J connectivity index is 2.11. The van der Waals surface area contributed by atoms with Crippen molar-refractivity contribution < 1.29 is 9.84 Å². The molecular formula is C10H16N4O2. The molecule has 2 rings (SSSR count). The van der Waals surface area contributed by atoms with Crippen molar-refractivity contribution in [1.29, 1.82) is 0 Å². The highest BCUT2D eigenvalue weighted by Gasteiger charge is 2.32. The molecule has 0 radical (unpaired) electrons. The third-order valence-corrected chi connectivity index (χ3v) is 2.80. The highest BCUT2D eigenvalue weighted by atomic mass is 16.5. The molecule has 1 aliphatic rings. The average Bonchev–Trinajstić information content (AvgIpc) is 2.30. The van der Waals surface area contributed by atoms with Gasteiger partial charge in [0, 0.05) is 13.2 Å². The van der Waals surface area contributed by atoms with E-state index in [2.05, 4.69) is 15.3 Å². The molecular weight excluding hydrogens is 208 g/mol. The first-order valence-corrected chi connectivity index (χ1v) is 5.28. The second-order valence-corrected chi connectivity index (χ2v) is 4.00. The van der Waals surface area contributed by atoms with Crippen LogP contribution in [-0.4, -0.2) is 40.4 Å². The maximum atomic E-state index is 9.47. The number of nitrogen functional groups attached to an aromatic ring is 1. The monoisotopic (exact) mass is 224 g/mol. The zero-order valence-corrected chi connectivity index (χ0v) is 9.02. The summed E-state index contributed by atoms with van der Waals surface area (Å²) in [6, 6.07) is 0. The summed E-state index contributed by atoms with van der Waals surface area (Å²) in [6.45, 7) is 1.33. The molecule has 0 bridgehead atoms. The molecule has 1 fully saturated rings. The van der Waals surface area contributed by atoms with Gasteiger partial charge in [-0.3, -0.25) is 4.98 Å². The number of hydrogen-bond acceptors (Lipinski definition) is 6. The first kappa shape index (κ1) is 11.1. The van der Waals surface area contributed by atoms with Gasteiger partial charge in [-0.05, 0) is 12.8 Å². The van der Waals surface area contributed by atoms with Crippen LogP contribution in [0.15, 0.2) is 12.4 Å². The zero-order valence-electron chi connectivity index (χ0n) is 9.02. The van der Waals surface area contributed by atoms with Crippen LogP contribution in [0.25, 0.3) is 0 Å². The van der Waals surface area contributed by atoms with E-state index < -0.39 is 0 Å². The lowest BCUT2D eigenvalue weighted by molar-refractivity contribution is 0.0378. The number of ether oxygens (including phenoxy) is 1. The first-order valence-electron chi connectivity index (χ1n) is 5.28. The van der Waals surface area contributed by atoms with E-state index in [9.17, 15) is 5.11 Å². The molecule has 1 saturated heterocycles. The summed E-state index contributed by atoms with van der Waals surface area (Å²) in [7, 11) is 0. The minimum Gasteiger partial charge on any atom is -0.394 e. The average molecular weight is 224 g/mol. The summed E-state index contributed by atoms with van der Waals surface area (Å²) in [4.78, 5) is 8.06. The Morgan fingerprint density at radius 1 is 1.44 bits per heavy atom. The Bertz CT molecular complexity index is 352. The fourth-order valence-electron chi connectivity index (χ4n) is 1.80. The number of nitrogens with zero attached hydrogens (tertiary/aromatic N) is 2. The van der Waals surface area contributed by atoms with Crippen LogP contribution in [0.1, 0.15) is 12.8 Å². The number of nitrogens with one attached hydrogen (secondary N) is 1. The van der Waals surface area contributed by atoms with Crippen molar-refractivity contribution in [1.82, 2.24) is 9.97 Å². The van der Waals surface area contributed by atoms with Crippen molar-refractivity contribution in [3.63, 3.8) is 0 Å². The maximum Gasteiger partial charge on any atom is 0.147 e. The summed E-state index contributed by atoms with van der Waals surface area (Å²) < 4.78 is 5.28. The van der Waals surface area contributed by atoms with Crippen molar-refractivity contribution in [2.45, 2.75) is 18.4 Å². The third kappa shape index (κ3) is 2.40. The lowest BCUT2D eigenvalue weighted by Crippen LogP contribution is -2.47. The molecule has 0 amide bonds. The molecule has 6 heteroatoms. The van der Waals surface area contributed by atoms with E-state index in [-0.39, 0.29) is 12.1 Å². The third-order valence-electron chi connectivity index (χ3n) is 2.80. The molecule has 0 unspecified atom stereocenters. The molecule has 0 spiro atoms. The van der Waals surface area contributed by atoms with E-state index in [4.69, 9.17) is 10.5 Å². The number of aromatic nitrogens is 2. The second-order valence-electron chi connectivity index (χ2n) is 4.00. The molecule has 1 aliphatic heterocycles. The van der Waals surface area contributed by atoms with Crippen molar-refractivity contribution >= 4 is 11.6 Å². The predicted molar refractivity (Wildman–Crippen MR) is 59.9 cm³/mol. The summed E-state index contributed by atoms with van der Waals surface area (Å²) in [5.41, 5.74) is 5.19. The van der Waals surface area contributed by atoms with Gasteiger partial charge < -0.3 is 20.9 Å². The minimum atomic E-state index is -0.360. The number of anilines is 2. The van der Waals surface area contributed by atoms with Crippen LogP contribution in [0.4, 0.5) is 11.6 Å². The van der Waals surface area contributed by atoms with Crippen LogP contribution < -0.4 is 11.1 Å². The normalized spacial score (nSPS) is 19.3. The van der Waals surface area contributed by atoms with Crippen molar-refractivity contribution in [3.05, 3.63) is 12.4 Å². The molecule has 2 heterocycles. The van der Waals surface area contributed by atoms with Crippen molar-refractivity contribution in [2.75, 3.05) is 30.9 Å². The zero-order chi connectivity index (χ0) is 11.4. The lowest BCUT2D eigenvalue weighted by atomic mass is 9.91. The van der Waals surface area contributed by atoms with E-state index in [1.165, 1.54) is 6.20 Å². The quantitative estimate of drug-likeness (QED) is 0.669. The van der Waals surface area contributed by atoms with Crippen molar-refractivity contribution in [3.8, 4) is 0 Å². The highest BCUT2D eigenvalue weighted by Crippen LogP contribution is 2.24. The summed E-state index contributed by atoms with van der Waals surface area (Å²) in [5, 5.41) is 12.7. The number of hydrogen-bond donors (Lipinski definition) is 3. The van der Waals surface area contributed by atoms with Gasteiger partial charge in [0.1, 0.15) is 11.6 Å². The fraction of sp³-hybridized carbons (Fsp3) is 0.600. The standard InChI is InChI=1S/C10H16N4O2/c11-8-5-12-6-9(13-8)14-10(7-15)1-3-16-4-2-10/h5-6,15H,1-4,7H2,(H3,11,13,14). The van der Waals surface area contributed by atoms with Gasteiger partial charge in [0.05, 0.1) is 24.5 Å². The molecule has 0 saturated carbocycles. The van der Waals surface area contributed by atoms with Gasteiger partial charge in [-0.25, -0.2) is 4.98 Å². The summed E-state index contributed by atoms with van der Waals surface area (Å²) >= 11 is 0. The molecule has 1 aromatic rings. The van der Waals surface area contributed by atoms with E-state index in [1.807, 2.05) is 0 Å². The second kappa shape index (κ2) is 4.63. The van der Waals surface area contributed by atoms with E-state index in [0.29, 0.717) is 24.8 Å². The molecule has 16 heavy (non-hydrogen) atoms. The molecule has 6 nitrogen and oxygen atoms in total. The number of aliphatic hydroxyl groups excluding tert-OH is 1. The summed E-state index contributed by atoms with van der Waals surface area (Å²) in [5.74, 6) is 0.959. The SMILES string of the molecule is Nc1cncc(NC2(CO)CCOCC2)n1. The predicted octanol–water partition coefficient (Wildman–Crippen LogP) is 0.0122. The molecule has 0 aliphatic carbocycles. The van der Waals surface area contributed by atoms with Gasteiger partial charge in [0.2, 0.25) is 0 Å². The molecule has 4 N–H and O–H groups in total. The van der Waals surface area contributed by atoms with Crippen LogP contribution in [0, 0.1) is 0 Å². The van der Waals surface area contributed by atoms with Crippen molar-refractivity contribution in [2.24, 2.45) is 0 Å². The first-order chi connectivity index (χ1) is 7.74. The van der Waals surface area contributed by atoms with Gasteiger partial charge in [-0.1, -0.05) is 0 Å². The van der Waals surface area contributed by atoms with Crippen LogP contribution in [0.3, 0.4) is 0 Å². The Morgan fingerprint density at radius 2 is 2.19 bits per heavy atom. The molecule has 88 valence electrons. The Morgan fingerprint density at radius 3 is 2.81 bits per heavy atom. The smallest absolute Gasteiger partial charge is 0.147 e. The van der Waals surface area contributed by atoms with Gasteiger partial charge in [0.15, 0.2) is 0 Å². The number of aliphatic hydroxyl groups is 1. The van der Waals surface area contributed by atoms with Crippen LogP contribution in [0.2, 0.25) is 0 Å². The Labute approximate surface area is 93.9 Å². The van der Waals surface area contributed by atoms with E-state index in [1.54, 1.807) is 6.20 Å². The maximum absolute atomic E-state index is 9.47. The summed E-state index contributed by atoms with van der Waals surface area (Å²) in [6.07, 6.45) is 4.59. The van der Waals surface area contributed by atoms with Crippen LogP contribution in [-0.2, 0) is 4.74 Å². The van der Waals surface area contributed by atoms with Gasteiger partial charge in [-0.2, -0.15) is 0 Å². The van der Waals surface area contributed by atoms with E-state index >= 15 is 0 Å². The highest BCUT2D eigenvalue weighted by molar-refractivity contribution is 5.41.